The Kier molecular flexibility index (Phi) is 5.74. The molecule has 1 aromatic heterocycles. The molecule has 0 spiro atoms. The number of nitrogens with zero attached hydrogens (tertiary/aromatic N) is 2. The summed E-state index contributed by atoms with van der Waals surface area (Å²) in [5, 5.41) is 1.19. The van der Waals surface area contributed by atoms with E-state index in [-0.39, 0.29) is 18.3 Å². The molecule has 0 atom stereocenters. The van der Waals surface area contributed by atoms with Gasteiger partial charge in [0.2, 0.25) is 0 Å². The van der Waals surface area contributed by atoms with E-state index in [1.807, 2.05) is 42.5 Å². The molecule has 0 unspecified atom stereocenters. The molecule has 7 heteroatoms. The lowest BCUT2D eigenvalue weighted by Crippen LogP contribution is -2.34. The van der Waals surface area contributed by atoms with Gasteiger partial charge in [-0.25, -0.2) is 9.37 Å². The fourth-order valence-electron chi connectivity index (χ4n) is 2.78. The normalized spacial score (nSPS) is 10.8. The zero-order chi connectivity index (χ0) is 20.2. The van der Waals surface area contributed by atoms with Crippen LogP contribution in [0.4, 0.5) is 9.52 Å². The predicted octanol–water partition coefficient (Wildman–Crippen LogP) is 5.70. The number of carbonyl (C=O) groups excluding carboxylic acids is 1. The van der Waals surface area contributed by atoms with Gasteiger partial charge in [-0.1, -0.05) is 53.3 Å². The standard InChI is InChI=1S/C22H16ClFN2O2S/c23-16-6-11-19-20(12-16)29-22(25-19)26(13-15-4-2-1-3-5-15)21(27)14-28-18-9-7-17(24)8-10-18/h1-12H,13-14H2. The summed E-state index contributed by atoms with van der Waals surface area (Å²) in [6.07, 6.45) is 0. The second-order valence-corrected chi connectivity index (χ2v) is 7.76. The van der Waals surface area contributed by atoms with E-state index in [2.05, 4.69) is 4.98 Å². The molecule has 29 heavy (non-hydrogen) atoms. The molecule has 0 radical (unpaired) electrons. The summed E-state index contributed by atoms with van der Waals surface area (Å²) >= 11 is 7.48. The number of thiazole rings is 1. The maximum atomic E-state index is 13.1. The molecule has 4 rings (SSSR count). The molecule has 3 aromatic carbocycles. The van der Waals surface area contributed by atoms with Crippen molar-refractivity contribution in [2.45, 2.75) is 6.54 Å². The number of amides is 1. The van der Waals surface area contributed by atoms with Gasteiger partial charge in [-0.15, -0.1) is 0 Å². The largest absolute Gasteiger partial charge is 0.484 e. The lowest BCUT2D eigenvalue weighted by molar-refractivity contribution is -0.120. The molecule has 4 nitrogen and oxygen atoms in total. The average Bonchev–Trinajstić information content (AvgIpc) is 3.15. The molecule has 0 aliphatic rings. The third-order valence-corrected chi connectivity index (χ3v) is 5.51. The highest BCUT2D eigenvalue weighted by molar-refractivity contribution is 7.22. The van der Waals surface area contributed by atoms with Gasteiger partial charge in [0, 0.05) is 5.02 Å². The summed E-state index contributed by atoms with van der Waals surface area (Å²) in [5.41, 5.74) is 1.75. The van der Waals surface area contributed by atoms with E-state index in [9.17, 15) is 9.18 Å². The molecule has 0 saturated heterocycles. The van der Waals surface area contributed by atoms with Gasteiger partial charge in [-0.3, -0.25) is 9.69 Å². The first-order valence-corrected chi connectivity index (χ1v) is 10.1. The Morgan fingerprint density at radius 1 is 1.07 bits per heavy atom. The maximum Gasteiger partial charge on any atom is 0.267 e. The van der Waals surface area contributed by atoms with Gasteiger partial charge in [0.05, 0.1) is 16.8 Å². The number of benzene rings is 3. The van der Waals surface area contributed by atoms with E-state index in [0.29, 0.717) is 22.4 Å². The van der Waals surface area contributed by atoms with Crippen LogP contribution in [-0.4, -0.2) is 17.5 Å². The molecule has 0 bridgehead atoms. The lowest BCUT2D eigenvalue weighted by atomic mass is 10.2. The van der Waals surface area contributed by atoms with E-state index in [1.54, 1.807) is 11.0 Å². The first-order chi connectivity index (χ1) is 14.1. The highest BCUT2D eigenvalue weighted by Gasteiger charge is 2.21. The minimum Gasteiger partial charge on any atom is -0.484 e. The van der Waals surface area contributed by atoms with Gasteiger partial charge < -0.3 is 4.74 Å². The van der Waals surface area contributed by atoms with Gasteiger partial charge in [-0.2, -0.15) is 0 Å². The molecule has 0 aliphatic carbocycles. The Morgan fingerprint density at radius 2 is 1.83 bits per heavy atom. The Hall–Kier alpha value is -2.96. The van der Waals surface area contributed by atoms with Crippen LogP contribution in [0.3, 0.4) is 0 Å². The number of rotatable bonds is 6. The first kappa shape index (κ1) is 19.4. The minimum absolute atomic E-state index is 0.185. The first-order valence-electron chi connectivity index (χ1n) is 8.87. The zero-order valence-corrected chi connectivity index (χ0v) is 16.8. The van der Waals surface area contributed by atoms with Crippen LogP contribution < -0.4 is 9.64 Å². The number of hydrogen-bond donors (Lipinski definition) is 0. The molecule has 0 saturated carbocycles. The number of fused-ring (bicyclic) bond motifs is 1. The van der Waals surface area contributed by atoms with Crippen molar-refractivity contribution in [1.82, 2.24) is 4.98 Å². The van der Waals surface area contributed by atoms with Crippen molar-refractivity contribution < 1.29 is 13.9 Å². The van der Waals surface area contributed by atoms with Crippen LogP contribution in [0.2, 0.25) is 5.02 Å². The smallest absolute Gasteiger partial charge is 0.267 e. The van der Waals surface area contributed by atoms with Crippen molar-refractivity contribution in [3.8, 4) is 5.75 Å². The molecule has 0 fully saturated rings. The van der Waals surface area contributed by atoms with Crippen LogP contribution in [0, 0.1) is 5.82 Å². The number of anilines is 1. The van der Waals surface area contributed by atoms with Crippen molar-refractivity contribution in [2.24, 2.45) is 0 Å². The summed E-state index contributed by atoms with van der Waals surface area (Å²) in [4.78, 5) is 19.2. The van der Waals surface area contributed by atoms with E-state index in [0.717, 1.165) is 15.8 Å². The second kappa shape index (κ2) is 8.59. The van der Waals surface area contributed by atoms with Crippen LogP contribution in [0.15, 0.2) is 72.8 Å². The Morgan fingerprint density at radius 3 is 2.59 bits per heavy atom. The summed E-state index contributed by atoms with van der Waals surface area (Å²) in [6, 6.07) is 20.7. The summed E-state index contributed by atoms with van der Waals surface area (Å²) in [5.74, 6) is -0.179. The Bertz CT molecular complexity index is 1130. The second-order valence-electron chi connectivity index (χ2n) is 6.32. The Balaban J connectivity index is 1.59. The molecule has 4 aromatic rings. The molecule has 1 heterocycles. The van der Waals surface area contributed by atoms with E-state index in [1.165, 1.54) is 35.6 Å². The molecule has 1 amide bonds. The van der Waals surface area contributed by atoms with E-state index in [4.69, 9.17) is 16.3 Å². The van der Waals surface area contributed by atoms with Crippen LogP contribution in [0.1, 0.15) is 5.56 Å². The third-order valence-electron chi connectivity index (χ3n) is 4.23. The Labute approximate surface area is 176 Å². The predicted molar refractivity (Wildman–Crippen MR) is 114 cm³/mol. The van der Waals surface area contributed by atoms with Crippen molar-refractivity contribution in [3.63, 3.8) is 0 Å². The van der Waals surface area contributed by atoms with Crippen molar-refractivity contribution in [1.29, 1.82) is 0 Å². The van der Waals surface area contributed by atoms with E-state index >= 15 is 0 Å². The topological polar surface area (TPSA) is 42.4 Å². The van der Waals surface area contributed by atoms with Crippen LogP contribution in [0.5, 0.6) is 5.75 Å². The molecule has 0 N–H and O–H groups in total. The molecule has 146 valence electrons. The maximum absolute atomic E-state index is 13.1. The fraction of sp³-hybridized carbons (Fsp3) is 0.0909. The lowest BCUT2D eigenvalue weighted by Gasteiger charge is -2.20. The number of carbonyl (C=O) groups is 1. The summed E-state index contributed by atoms with van der Waals surface area (Å²) in [7, 11) is 0. The quantitative estimate of drug-likeness (QED) is 0.397. The minimum atomic E-state index is -0.359. The van der Waals surface area contributed by atoms with Crippen LogP contribution >= 0.6 is 22.9 Å². The van der Waals surface area contributed by atoms with Gasteiger partial charge in [-0.05, 0) is 48.0 Å². The van der Waals surface area contributed by atoms with Crippen LogP contribution in [-0.2, 0) is 11.3 Å². The molecule has 0 aliphatic heterocycles. The fourth-order valence-corrected chi connectivity index (χ4v) is 4.04. The summed E-state index contributed by atoms with van der Waals surface area (Å²) < 4.78 is 19.5. The monoisotopic (exact) mass is 426 g/mol. The number of aromatic nitrogens is 1. The van der Waals surface area contributed by atoms with Gasteiger partial charge in [0.15, 0.2) is 11.7 Å². The average molecular weight is 427 g/mol. The molecular formula is C22H16ClFN2O2S. The van der Waals surface area contributed by atoms with Gasteiger partial charge in [0.1, 0.15) is 11.6 Å². The number of ether oxygens (including phenoxy) is 1. The van der Waals surface area contributed by atoms with Crippen molar-refractivity contribution in [3.05, 3.63) is 89.2 Å². The summed E-state index contributed by atoms with van der Waals surface area (Å²) in [6.45, 7) is 0.176. The number of hydrogen-bond acceptors (Lipinski definition) is 4. The van der Waals surface area contributed by atoms with Crippen LogP contribution in [0.25, 0.3) is 10.2 Å². The highest BCUT2D eigenvalue weighted by atomic mass is 35.5. The van der Waals surface area contributed by atoms with E-state index < -0.39 is 0 Å². The van der Waals surface area contributed by atoms with Crippen molar-refractivity contribution in [2.75, 3.05) is 11.5 Å². The van der Waals surface area contributed by atoms with Crippen molar-refractivity contribution >= 4 is 44.2 Å². The zero-order valence-electron chi connectivity index (χ0n) is 15.2. The number of halogens is 2. The molecular weight excluding hydrogens is 411 g/mol. The third kappa shape index (κ3) is 4.72. The highest BCUT2D eigenvalue weighted by Crippen LogP contribution is 2.31. The SMILES string of the molecule is O=C(COc1ccc(F)cc1)N(Cc1ccccc1)c1nc2ccc(Cl)cc2s1. The van der Waals surface area contributed by atoms with Gasteiger partial charge in [0.25, 0.3) is 5.91 Å². The van der Waals surface area contributed by atoms with Gasteiger partial charge >= 0.3 is 0 Å².